The average molecular weight is 445 g/mol. The number of fused-ring (bicyclic) bond motifs is 1. The lowest BCUT2D eigenvalue weighted by Crippen LogP contribution is -2.33. The van der Waals surface area contributed by atoms with Crippen LogP contribution in [0.5, 0.6) is 5.75 Å². The summed E-state index contributed by atoms with van der Waals surface area (Å²) in [5, 5.41) is 9.38. The average Bonchev–Trinajstić information content (AvgIpc) is 2.80. The van der Waals surface area contributed by atoms with Crippen LogP contribution in [0, 0.1) is 0 Å². The van der Waals surface area contributed by atoms with Crippen LogP contribution in [-0.2, 0) is 15.6 Å². The fourth-order valence-electron chi connectivity index (χ4n) is 4.77. The Morgan fingerprint density at radius 3 is 2.21 bits per heavy atom. The van der Waals surface area contributed by atoms with Crippen LogP contribution in [0.2, 0.25) is 0 Å². The summed E-state index contributed by atoms with van der Waals surface area (Å²) in [7, 11) is 1.54. The van der Waals surface area contributed by atoms with Gasteiger partial charge in [-0.05, 0) is 75.8 Å². The molecule has 0 amide bonds. The van der Waals surface area contributed by atoms with Gasteiger partial charge in [-0.15, -0.1) is 0 Å². The van der Waals surface area contributed by atoms with E-state index >= 15 is 0 Å². The highest BCUT2D eigenvalue weighted by Crippen LogP contribution is 2.47. The van der Waals surface area contributed by atoms with Crippen molar-refractivity contribution in [1.82, 2.24) is 0 Å². The van der Waals surface area contributed by atoms with Crippen LogP contribution in [0.15, 0.2) is 60.7 Å². The molecule has 0 atom stereocenters. The number of hydrogen-bond donors (Lipinski definition) is 1. The fraction of sp³-hybridized carbons (Fsp3) is 0.345. The summed E-state index contributed by atoms with van der Waals surface area (Å²) in [6.07, 6.45) is 2.37. The Balaban J connectivity index is 1.78. The van der Waals surface area contributed by atoms with Gasteiger partial charge in [-0.1, -0.05) is 64.1 Å². The number of aromatic carboxylic acids is 1. The molecule has 0 spiro atoms. The van der Waals surface area contributed by atoms with Crippen LogP contribution in [0.4, 0.5) is 0 Å². The van der Waals surface area contributed by atoms with E-state index in [2.05, 4.69) is 58.0 Å². The van der Waals surface area contributed by atoms with Gasteiger partial charge in [0.25, 0.3) is 0 Å². The predicted molar refractivity (Wildman–Crippen MR) is 132 cm³/mol. The SMILES string of the molecule is COCOc1cc(C(=O)O)ccc1-c1cccc(-c2ccc3c(c2)C(C)(C)CCC3(C)C)c1. The van der Waals surface area contributed by atoms with Gasteiger partial charge in [0.1, 0.15) is 5.75 Å². The molecule has 4 rings (SSSR count). The van der Waals surface area contributed by atoms with Gasteiger partial charge in [-0.3, -0.25) is 0 Å². The van der Waals surface area contributed by atoms with Gasteiger partial charge in [0.05, 0.1) is 5.56 Å². The van der Waals surface area contributed by atoms with Gasteiger partial charge in [-0.2, -0.15) is 0 Å². The summed E-state index contributed by atoms with van der Waals surface area (Å²) in [6, 6.07) is 20.1. The molecule has 0 saturated heterocycles. The topological polar surface area (TPSA) is 55.8 Å². The Bertz CT molecular complexity index is 1190. The van der Waals surface area contributed by atoms with E-state index < -0.39 is 5.97 Å². The summed E-state index contributed by atoms with van der Waals surface area (Å²) in [4.78, 5) is 11.4. The minimum Gasteiger partial charge on any atom is -0.478 e. The van der Waals surface area contributed by atoms with Gasteiger partial charge >= 0.3 is 5.97 Å². The second-order valence-corrected chi connectivity index (χ2v) is 10.2. The molecule has 0 unspecified atom stereocenters. The van der Waals surface area contributed by atoms with E-state index in [1.54, 1.807) is 25.3 Å². The monoisotopic (exact) mass is 444 g/mol. The number of ether oxygens (including phenoxy) is 2. The number of methoxy groups -OCH3 is 1. The van der Waals surface area contributed by atoms with Crippen LogP contribution >= 0.6 is 0 Å². The number of rotatable bonds is 6. The van der Waals surface area contributed by atoms with Crippen molar-refractivity contribution in [2.24, 2.45) is 0 Å². The summed E-state index contributed by atoms with van der Waals surface area (Å²) in [5.74, 6) is -0.501. The predicted octanol–water partition coefficient (Wildman–Crippen LogP) is 7.05. The summed E-state index contributed by atoms with van der Waals surface area (Å²) in [6.45, 7) is 9.40. The molecule has 0 bridgehead atoms. The highest BCUT2D eigenvalue weighted by atomic mass is 16.7. The summed E-state index contributed by atoms with van der Waals surface area (Å²) < 4.78 is 10.8. The molecule has 0 heterocycles. The molecule has 3 aromatic rings. The van der Waals surface area contributed by atoms with E-state index in [0.29, 0.717) is 5.75 Å². The maximum atomic E-state index is 11.4. The van der Waals surface area contributed by atoms with Crippen molar-refractivity contribution in [2.75, 3.05) is 13.9 Å². The van der Waals surface area contributed by atoms with Gasteiger partial charge in [0.2, 0.25) is 0 Å². The molecule has 33 heavy (non-hydrogen) atoms. The molecule has 0 radical (unpaired) electrons. The molecule has 0 saturated carbocycles. The lowest BCUT2D eigenvalue weighted by Gasteiger charge is -2.42. The van der Waals surface area contributed by atoms with E-state index in [1.165, 1.54) is 29.5 Å². The minimum atomic E-state index is -0.989. The highest BCUT2D eigenvalue weighted by Gasteiger charge is 2.36. The molecule has 4 nitrogen and oxygen atoms in total. The Morgan fingerprint density at radius 2 is 1.52 bits per heavy atom. The molecule has 1 aliphatic carbocycles. The number of carbonyl (C=O) groups is 1. The van der Waals surface area contributed by atoms with Crippen LogP contribution in [0.25, 0.3) is 22.3 Å². The van der Waals surface area contributed by atoms with Crippen molar-refractivity contribution in [1.29, 1.82) is 0 Å². The zero-order chi connectivity index (χ0) is 23.8. The van der Waals surface area contributed by atoms with Gasteiger partial charge in [0.15, 0.2) is 6.79 Å². The van der Waals surface area contributed by atoms with Crippen molar-refractivity contribution in [3.63, 3.8) is 0 Å². The number of carboxylic acid groups (broad SMARTS) is 1. The first kappa shape index (κ1) is 23.1. The third-order valence-electron chi connectivity index (χ3n) is 6.92. The minimum absolute atomic E-state index is 0.0471. The molecular formula is C29H32O4. The van der Waals surface area contributed by atoms with Crippen LogP contribution < -0.4 is 4.74 Å². The zero-order valence-corrected chi connectivity index (χ0v) is 20.1. The normalized spacial score (nSPS) is 16.2. The van der Waals surface area contributed by atoms with Gasteiger partial charge in [-0.25, -0.2) is 4.79 Å². The molecule has 0 fully saturated rings. The Labute approximate surface area is 196 Å². The Morgan fingerprint density at radius 1 is 0.848 bits per heavy atom. The second-order valence-electron chi connectivity index (χ2n) is 10.2. The standard InChI is InChI=1S/C29H32O4/c1-28(2)13-14-29(3,4)25-16-20(10-12-24(25)28)19-7-6-8-21(15-19)23-11-9-22(27(30)31)17-26(23)33-18-32-5/h6-12,15-17H,13-14,18H2,1-5H3,(H,30,31). The number of carboxylic acids is 1. The van der Waals surface area contributed by atoms with E-state index in [-0.39, 0.29) is 23.2 Å². The first-order valence-corrected chi connectivity index (χ1v) is 11.4. The third-order valence-corrected chi connectivity index (χ3v) is 6.92. The van der Waals surface area contributed by atoms with Crippen molar-refractivity contribution >= 4 is 5.97 Å². The second kappa shape index (κ2) is 8.68. The first-order valence-electron chi connectivity index (χ1n) is 11.4. The molecule has 0 aromatic heterocycles. The van der Waals surface area contributed by atoms with Gasteiger partial charge in [0, 0.05) is 12.7 Å². The highest BCUT2D eigenvalue weighted by molar-refractivity contribution is 5.90. The Hall–Kier alpha value is -3.11. The fourth-order valence-corrected chi connectivity index (χ4v) is 4.77. The van der Waals surface area contributed by atoms with E-state index in [1.807, 2.05) is 12.1 Å². The van der Waals surface area contributed by atoms with E-state index in [0.717, 1.165) is 16.7 Å². The third kappa shape index (κ3) is 4.53. The quantitative estimate of drug-likeness (QED) is 0.414. The molecule has 1 aliphatic rings. The van der Waals surface area contributed by atoms with Crippen molar-refractivity contribution < 1.29 is 19.4 Å². The van der Waals surface area contributed by atoms with E-state index in [4.69, 9.17) is 9.47 Å². The molecule has 0 aliphatic heterocycles. The van der Waals surface area contributed by atoms with Crippen LogP contribution in [0.1, 0.15) is 62.0 Å². The van der Waals surface area contributed by atoms with Crippen molar-refractivity contribution in [3.8, 4) is 28.0 Å². The largest absolute Gasteiger partial charge is 0.478 e. The summed E-state index contributed by atoms with van der Waals surface area (Å²) in [5.41, 5.74) is 7.48. The zero-order valence-electron chi connectivity index (χ0n) is 20.1. The first-order chi connectivity index (χ1) is 15.6. The lowest BCUT2D eigenvalue weighted by atomic mass is 9.63. The molecule has 1 N–H and O–H groups in total. The lowest BCUT2D eigenvalue weighted by molar-refractivity contribution is 0.0511. The van der Waals surface area contributed by atoms with Crippen LogP contribution in [0.3, 0.4) is 0 Å². The number of benzene rings is 3. The van der Waals surface area contributed by atoms with E-state index in [9.17, 15) is 9.90 Å². The summed E-state index contributed by atoms with van der Waals surface area (Å²) >= 11 is 0. The maximum Gasteiger partial charge on any atom is 0.335 e. The van der Waals surface area contributed by atoms with Crippen molar-refractivity contribution in [2.45, 2.75) is 51.4 Å². The van der Waals surface area contributed by atoms with Crippen LogP contribution in [-0.4, -0.2) is 25.0 Å². The Kier molecular flexibility index (Phi) is 6.06. The molecule has 3 aromatic carbocycles. The van der Waals surface area contributed by atoms with Gasteiger partial charge < -0.3 is 14.6 Å². The smallest absolute Gasteiger partial charge is 0.335 e. The molecule has 172 valence electrons. The van der Waals surface area contributed by atoms with Crippen molar-refractivity contribution in [3.05, 3.63) is 77.4 Å². The number of hydrogen-bond acceptors (Lipinski definition) is 3. The molecule has 4 heteroatoms. The molecular weight excluding hydrogens is 412 g/mol. The maximum absolute atomic E-state index is 11.4.